The van der Waals surface area contributed by atoms with E-state index in [1.807, 2.05) is 0 Å². The Kier molecular flexibility index (Phi) is 3.56. The van der Waals surface area contributed by atoms with E-state index in [0.29, 0.717) is 13.2 Å². The van der Waals surface area contributed by atoms with E-state index in [0.717, 1.165) is 42.5 Å². The molecule has 140 valence electrons. The minimum Gasteiger partial charge on any atom is -0.490 e. The lowest BCUT2D eigenvalue weighted by Gasteiger charge is -2.57. The summed E-state index contributed by atoms with van der Waals surface area (Å²) in [6, 6.07) is 6.38. The predicted octanol–water partition coefficient (Wildman–Crippen LogP) is 3.71. The number of hydrogen-bond donors (Lipinski definition) is 0. The van der Waals surface area contributed by atoms with Gasteiger partial charge in [-0.3, -0.25) is 0 Å². The molecule has 0 N–H and O–H groups in total. The Bertz CT molecular complexity index is 622. The maximum Gasteiger partial charge on any atom is 0.126 e. The Labute approximate surface area is 155 Å². The molecule has 0 amide bonds. The van der Waals surface area contributed by atoms with Gasteiger partial charge < -0.3 is 18.9 Å². The van der Waals surface area contributed by atoms with Crippen molar-refractivity contribution in [3.05, 3.63) is 23.8 Å². The molecular weight excluding hydrogens is 328 g/mol. The highest BCUT2D eigenvalue weighted by molar-refractivity contribution is 5.51. The van der Waals surface area contributed by atoms with Crippen molar-refractivity contribution in [3.8, 4) is 11.5 Å². The van der Waals surface area contributed by atoms with Gasteiger partial charge in [0.1, 0.15) is 36.9 Å². The second-order valence-electron chi connectivity index (χ2n) is 9.36. The zero-order chi connectivity index (χ0) is 17.1. The molecule has 1 aromatic carbocycles. The summed E-state index contributed by atoms with van der Waals surface area (Å²) in [5.74, 6) is 4.79. The van der Waals surface area contributed by atoms with Gasteiger partial charge in [0, 0.05) is 11.0 Å². The number of rotatable bonds is 7. The monoisotopic (exact) mass is 356 g/mol. The molecule has 2 atom stereocenters. The van der Waals surface area contributed by atoms with Gasteiger partial charge in [0.05, 0.1) is 13.2 Å². The van der Waals surface area contributed by atoms with Crippen LogP contribution in [0, 0.1) is 17.8 Å². The molecule has 4 nitrogen and oxygen atoms in total. The topological polar surface area (TPSA) is 43.5 Å². The molecule has 7 rings (SSSR count). The molecule has 0 spiro atoms. The van der Waals surface area contributed by atoms with Crippen LogP contribution in [0.4, 0.5) is 0 Å². The van der Waals surface area contributed by atoms with Crippen LogP contribution in [-0.2, 0) is 14.9 Å². The average molecular weight is 356 g/mol. The Morgan fingerprint density at radius 1 is 0.808 bits per heavy atom. The largest absolute Gasteiger partial charge is 0.490 e. The fourth-order valence-corrected chi connectivity index (χ4v) is 6.39. The summed E-state index contributed by atoms with van der Waals surface area (Å²) in [4.78, 5) is 0. The SMILES string of the molecule is c1cc(OCC2CO2)c(C23CC4CC(CC(C4)C2)C3)c(OCC2CO2)c1. The van der Waals surface area contributed by atoms with Crippen molar-refractivity contribution in [2.24, 2.45) is 17.8 Å². The lowest BCUT2D eigenvalue weighted by molar-refractivity contribution is -0.00776. The Morgan fingerprint density at radius 2 is 1.27 bits per heavy atom. The molecule has 0 radical (unpaired) electrons. The van der Waals surface area contributed by atoms with Gasteiger partial charge in [-0.25, -0.2) is 0 Å². The quantitative estimate of drug-likeness (QED) is 0.699. The summed E-state index contributed by atoms with van der Waals surface area (Å²) in [7, 11) is 0. The van der Waals surface area contributed by atoms with Crippen LogP contribution in [0.2, 0.25) is 0 Å². The molecular formula is C22H28O4. The lowest BCUT2D eigenvalue weighted by atomic mass is 9.48. The first-order valence-corrected chi connectivity index (χ1v) is 10.4. The van der Waals surface area contributed by atoms with Crippen molar-refractivity contribution in [2.75, 3.05) is 26.4 Å². The van der Waals surface area contributed by atoms with Crippen LogP contribution < -0.4 is 9.47 Å². The second kappa shape index (κ2) is 5.87. The molecule has 2 heterocycles. The van der Waals surface area contributed by atoms with E-state index in [1.54, 1.807) is 0 Å². The first-order chi connectivity index (χ1) is 12.8. The summed E-state index contributed by atoms with van der Waals surface area (Å²) in [6.07, 6.45) is 8.85. The highest BCUT2D eigenvalue weighted by Gasteiger charge is 2.53. The minimum absolute atomic E-state index is 0.259. The minimum atomic E-state index is 0.259. The summed E-state index contributed by atoms with van der Waals surface area (Å²) in [5, 5.41) is 0. The van der Waals surface area contributed by atoms with Crippen LogP contribution in [0.1, 0.15) is 44.1 Å². The lowest BCUT2D eigenvalue weighted by Crippen LogP contribution is -2.48. The number of epoxide rings is 2. The molecule has 1 aromatic rings. The summed E-state index contributed by atoms with van der Waals surface area (Å²) < 4.78 is 23.3. The van der Waals surface area contributed by atoms with Gasteiger partial charge >= 0.3 is 0 Å². The van der Waals surface area contributed by atoms with Gasteiger partial charge in [0.25, 0.3) is 0 Å². The molecule has 4 saturated carbocycles. The molecule has 4 heteroatoms. The maximum absolute atomic E-state index is 6.28. The third-order valence-electron chi connectivity index (χ3n) is 7.21. The molecule has 2 saturated heterocycles. The fraction of sp³-hybridized carbons (Fsp3) is 0.727. The molecule has 0 aromatic heterocycles. The average Bonchev–Trinajstić information content (AvgIpc) is 3.52. The zero-order valence-corrected chi connectivity index (χ0v) is 15.3. The van der Waals surface area contributed by atoms with Gasteiger partial charge in [-0.2, -0.15) is 0 Å². The molecule has 26 heavy (non-hydrogen) atoms. The second-order valence-corrected chi connectivity index (χ2v) is 9.36. The van der Waals surface area contributed by atoms with Crippen LogP contribution in [0.3, 0.4) is 0 Å². The first kappa shape index (κ1) is 15.8. The molecule has 2 aliphatic heterocycles. The highest BCUT2D eigenvalue weighted by atomic mass is 16.6. The third kappa shape index (κ3) is 2.82. The van der Waals surface area contributed by atoms with Gasteiger partial charge in [0.2, 0.25) is 0 Å². The predicted molar refractivity (Wildman–Crippen MR) is 96.8 cm³/mol. The third-order valence-corrected chi connectivity index (χ3v) is 7.21. The van der Waals surface area contributed by atoms with E-state index in [9.17, 15) is 0 Å². The molecule has 6 aliphatic rings. The Morgan fingerprint density at radius 3 is 1.69 bits per heavy atom. The van der Waals surface area contributed by atoms with E-state index in [-0.39, 0.29) is 17.6 Å². The van der Waals surface area contributed by atoms with Gasteiger partial charge in [0.15, 0.2) is 0 Å². The summed E-state index contributed by atoms with van der Waals surface area (Å²) in [5.41, 5.74) is 1.62. The van der Waals surface area contributed by atoms with Crippen LogP contribution in [-0.4, -0.2) is 38.6 Å². The van der Waals surface area contributed by atoms with Crippen molar-refractivity contribution < 1.29 is 18.9 Å². The van der Waals surface area contributed by atoms with Crippen LogP contribution in [0.25, 0.3) is 0 Å². The Hall–Kier alpha value is -1.26. The zero-order valence-electron chi connectivity index (χ0n) is 15.3. The fourth-order valence-electron chi connectivity index (χ4n) is 6.39. The summed E-state index contributed by atoms with van der Waals surface area (Å²) in [6.45, 7) is 2.99. The molecule has 4 bridgehead atoms. The van der Waals surface area contributed by atoms with E-state index < -0.39 is 0 Å². The smallest absolute Gasteiger partial charge is 0.126 e. The molecule has 6 fully saturated rings. The van der Waals surface area contributed by atoms with Crippen LogP contribution in [0.5, 0.6) is 11.5 Å². The van der Waals surface area contributed by atoms with Gasteiger partial charge in [-0.15, -0.1) is 0 Å². The van der Waals surface area contributed by atoms with E-state index in [2.05, 4.69) is 18.2 Å². The number of benzene rings is 1. The van der Waals surface area contributed by atoms with Crippen molar-refractivity contribution in [2.45, 2.75) is 56.1 Å². The normalized spacial score (nSPS) is 41.9. The van der Waals surface area contributed by atoms with E-state index in [4.69, 9.17) is 18.9 Å². The maximum atomic E-state index is 6.28. The highest BCUT2D eigenvalue weighted by Crippen LogP contribution is 2.63. The van der Waals surface area contributed by atoms with Crippen molar-refractivity contribution >= 4 is 0 Å². The molecule has 4 aliphatic carbocycles. The van der Waals surface area contributed by atoms with Crippen LogP contribution >= 0.6 is 0 Å². The van der Waals surface area contributed by atoms with E-state index in [1.165, 1.54) is 44.1 Å². The van der Waals surface area contributed by atoms with Crippen molar-refractivity contribution in [1.29, 1.82) is 0 Å². The van der Waals surface area contributed by atoms with Crippen LogP contribution in [0.15, 0.2) is 18.2 Å². The van der Waals surface area contributed by atoms with E-state index >= 15 is 0 Å². The number of ether oxygens (including phenoxy) is 4. The summed E-state index contributed by atoms with van der Waals surface area (Å²) >= 11 is 0. The van der Waals surface area contributed by atoms with Crippen molar-refractivity contribution in [3.63, 3.8) is 0 Å². The first-order valence-electron chi connectivity index (χ1n) is 10.4. The van der Waals surface area contributed by atoms with Crippen molar-refractivity contribution in [1.82, 2.24) is 0 Å². The number of hydrogen-bond acceptors (Lipinski definition) is 4. The standard InChI is InChI=1S/C22H28O4/c1-2-19(25-12-17-10-23-17)21(20(3-1)26-13-18-11-24-18)22-7-14-4-15(8-22)6-16(5-14)9-22/h1-3,14-18H,4-13H2. The van der Waals surface area contributed by atoms with Gasteiger partial charge in [-0.1, -0.05) is 6.07 Å². The van der Waals surface area contributed by atoms with Gasteiger partial charge in [-0.05, 0) is 68.4 Å². The Balaban J connectivity index is 1.37. The molecule has 2 unspecified atom stereocenters.